The quantitative estimate of drug-likeness (QED) is 0.297. The van der Waals surface area contributed by atoms with E-state index in [0.29, 0.717) is 46.3 Å². The van der Waals surface area contributed by atoms with Gasteiger partial charge in [-0.25, -0.2) is 18.7 Å². The highest BCUT2D eigenvalue weighted by Crippen LogP contribution is 2.41. The van der Waals surface area contributed by atoms with Crippen molar-refractivity contribution < 1.29 is 13.9 Å². The highest BCUT2D eigenvalue weighted by Gasteiger charge is 2.30. The van der Waals surface area contributed by atoms with Crippen molar-refractivity contribution in [2.75, 3.05) is 35.0 Å². The molecule has 0 radical (unpaired) electrons. The third-order valence-electron chi connectivity index (χ3n) is 7.15. The molecular formula is C28H29F2N9O. The number of β-amino-alcohol motifs (C(OH)–C–C–N with tert-alkyl or cyclic N) is 1. The summed E-state index contributed by atoms with van der Waals surface area (Å²) >= 11 is 0. The Balaban J connectivity index is 1.56. The van der Waals surface area contributed by atoms with Crippen LogP contribution < -0.4 is 26.6 Å². The number of rotatable bonds is 5. The van der Waals surface area contributed by atoms with Crippen LogP contribution in [0.1, 0.15) is 32.3 Å². The number of nitrogens with zero attached hydrogens (tertiary/aromatic N) is 6. The lowest BCUT2D eigenvalue weighted by molar-refractivity contribution is 0.0857. The molecule has 2 aromatic carbocycles. The lowest BCUT2D eigenvalue weighted by atomic mass is 10.0. The van der Waals surface area contributed by atoms with E-state index in [1.165, 1.54) is 18.2 Å². The number of aromatic nitrogens is 3. The van der Waals surface area contributed by atoms with E-state index in [0.717, 1.165) is 19.4 Å². The lowest BCUT2D eigenvalue weighted by Gasteiger charge is -2.31. The Bertz CT molecular complexity index is 1660. The van der Waals surface area contributed by atoms with Crippen LogP contribution in [0, 0.1) is 23.0 Å². The minimum Gasteiger partial charge on any atom is -0.389 e. The summed E-state index contributed by atoms with van der Waals surface area (Å²) in [6, 6.07) is 9.11. The molecule has 4 heterocycles. The molecule has 1 atom stereocenters. The largest absolute Gasteiger partial charge is 0.389 e. The maximum atomic E-state index is 16.0. The van der Waals surface area contributed by atoms with Gasteiger partial charge < -0.3 is 21.2 Å². The number of halogens is 2. The predicted molar refractivity (Wildman–Crippen MR) is 148 cm³/mol. The lowest BCUT2D eigenvalue weighted by Crippen LogP contribution is -2.45. The summed E-state index contributed by atoms with van der Waals surface area (Å²) in [4.78, 5) is 11.5. The third kappa shape index (κ3) is 4.58. The van der Waals surface area contributed by atoms with Gasteiger partial charge in [0.05, 0.1) is 40.5 Å². The van der Waals surface area contributed by atoms with Gasteiger partial charge in [-0.1, -0.05) is 6.07 Å². The fourth-order valence-corrected chi connectivity index (χ4v) is 5.37. The monoisotopic (exact) mass is 545 g/mol. The molecule has 2 aliphatic heterocycles. The zero-order valence-corrected chi connectivity index (χ0v) is 22.1. The van der Waals surface area contributed by atoms with Gasteiger partial charge in [-0.3, -0.25) is 9.41 Å². The number of aliphatic hydroxyl groups is 1. The Morgan fingerprint density at radius 1 is 1.23 bits per heavy atom. The van der Waals surface area contributed by atoms with Crippen LogP contribution in [0.4, 0.5) is 26.0 Å². The maximum absolute atomic E-state index is 16.0. The second-order valence-corrected chi connectivity index (χ2v) is 10.9. The number of imidazole rings is 1. The van der Waals surface area contributed by atoms with Gasteiger partial charge >= 0.3 is 0 Å². The third-order valence-corrected chi connectivity index (χ3v) is 7.15. The van der Waals surface area contributed by atoms with Crippen LogP contribution in [0.15, 0.2) is 42.7 Å². The topological polar surface area (TPSA) is 131 Å². The van der Waals surface area contributed by atoms with Crippen LogP contribution in [0.2, 0.25) is 0 Å². The summed E-state index contributed by atoms with van der Waals surface area (Å²) in [7, 11) is 0. The Hall–Kier alpha value is -4.31. The predicted octanol–water partition coefficient (Wildman–Crippen LogP) is 3.56. The van der Waals surface area contributed by atoms with Gasteiger partial charge in [-0.15, -0.1) is 5.53 Å². The van der Waals surface area contributed by atoms with Crippen molar-refractivity contribution in [3.05, 3.63) is 59.9 Å². The number of hydrogen-bond acceptors (Lipinski definition) is 9. The number of piperidine rings is 1. The highest BCUT2D eigenvalue weighted by atomic mass is 19.1. The second kappa shape index (κ2) is 9.71. The number of anilines is 3. The molecule has 6 rings (SSSR count). The molecule has 4 aromatic rings. The van der Waals surface area contributed by atoms with Crippen LogP contribution >= 0.6 is 0 Å². The van der Waals surface area contributed by atoms with Crippen LogP contribution in [-0.2, 0) is 0 Å². The normalized spacial score (nSPS) is 17.2. The first-order chi connectivity index (χ1) is 19.1. The molecule has 0 aliphatic carbocycles. The molecule has 0 bridgehead atoms. The zero-order valence-electron chi connectivity index (χ0n) is 22.1. The van der Waals surface area contributed by atoms with Crippen LogP contribution in [0.5, 0.6) is 0 Å². The van der Waals surface area contributed by atoms with Crippen LogP contribution in [0.3, 0.4) is 0 Å². The van der Waals surface area contributed by atoms with Gasteiger partial charge in [0.15, 0.2) is 11.5 Å². The van der Waals surface area contributed by atoms with Crippen LogP contribution in [-0.4, -0.2) is 50.8 Å². The van der Waals surface area contributed by atoms with E-state index < -0.39 is 17.2 Å². The summed E-state index contributed by atoms with van der Waals surface area (Å²) in [6.45, 7) is 4.90. The summed E-state index contributed by atoms with van der Waals surface area (Å²) in [5, 5.41) is 21.2. The average Bonchev–Trinajstić information content (AvgIpc) is 3.48. The highest BCUT2D eigenvalue weighted by molar-refractivity contribution is 5.88. The number of benzene rings is 2. The SMILES string of the molecule is CC(C)(O)CN1NNc2cc(-c3c(-c4ccc(C#N)c(F)c4)nc4c(N5CCC[C@@H](N)C5)nccn34)c(F)cc21. The van der Waals surface area contributed by atoms with Crippen molar-refractivity contribution in [1.82, 2.24) is 19.9 Å². The standard InChI is InChI=1S/C28H29F2N9O/c1-28(2,40)15-39-23-12-21(30)19(11-22(23)35-36-39)25-24(16-5-6-17(13-31)20(29)10-16)34-27-26(33-7-9-38(25)27)37-8-3-4-18(32)14-37/h5-7,9-12,18,35-36,40H,3-4,8,14-15,32H2,1-2H3/t18-/m1/s1. The van der Waals surface area contributed by atoms with Gasteiger partial charge in [0.25, 0.3) is 0 Å². The molecule has 10 nitrogen and oxygen atoms in total. The van der Waals surface area contributed by atoms with E-state index in [9.17, 15) is 14.8 Å². The fourth-order valence-electron chi connectivity index (χ4n) is 5.37. The molecule has 0 spiro atoms. The van der Waals surface area contributed by atoms with Crippen molar-refractivity contribution in [2.45, 2.75) is 38.3 Å². The number of hydrogen-bond donors (Lipinski definition) is 4. The molecule has 2 aliphatic rings. The Labute approximate surface area is 229 Å². The van der Waals surface area contributed by atoms with Crippen LogP contribution in [0.25, 0.3) is 28.2 Å². The van der Waals surface area contributed by atoms with E-state index in [-0.39, 0.29) is 23.7 Å². The average molecular weight is 546 g/mol. The molecule has 206 valence electrons. The molecule has 40 heavy (non-hydrogen) atoms. The van der Waals surface area contributed by atoms with Gasteiger partial charge in [0, 0.05) is 48.7 Å². The molecule has 2 aromatic heterocycles. The van der Waals surface area contributed by atoms with Gasteiger partial charge in [0.2, 0.25) is 0 Å². The smallest absolute Gasteiger partial charge is 0.181 e. The molecule has 12 heteroatoms. The van der Waals surface area contributed by atoms with Gasteiger partial charge in [-0.05, 0) is 44.9 Å². The van der Waals surface area contributed by atoms with E-state index in [4.69, 9.17) is 10.7 Å². The zero-order chi connectivity index (χ0) is 28.2. The van der Waals surface area contributed by atoms with Crippen molar-refractivity contribution in [1.29, 1.82) is 5.26 Å². The van der Waals surface area contributed by atoms with E-state index in [2.05, 4.69) is 20.8 Å². The number of nitriles is 1. The first-order valence-corrected chi connectivity index (χ1v) is 13.1. The molecule has 0 amide bonds. The molecular weight excluding hydrogens is 516 g/mol. The minimum absolute atomic E-state index is 0.00287. The number of nitrogens with one attached hydrogen (secondary N) is 2. The molecule has 0 unspecified atom stereocenters. The van der Waals surface area contributed by atoms with E-state index >= 15 is 4.39 Å². The molecule has 5 N–H and O–H groups in total. The Morgan fingerprint density at radius 3 is 2.77 bits per heavy atom. The fraction of sp³-hybridized carbons (Fsp3) is 0.321. The summed E-state index contributed by atoms with van der Waals surface area (Å²) < 4.78 is 32.5. The van der Waals surface area contributed by atoms with Crippen molar-refractivity contribution in [3.63, 3.8) is 0 Å². The maximum Gasteiger partial charge on any atom is 0.181 e. The first-order valence-electron chi connectivity index (χ1n) is 13.1. The van der Waals surface area contributed by atoms with Crippen molar-refractivity contribution in [2.24, 2.45) is 5.73 Å². The minimum atomic E-state index is -1.03. The molecule has 1 saturated heterocycles. The molecule has 1 fully saturated rings. The number of hydrazine groups is 2. The van der Waals surface area contributed by atoms with Crippen molar-refractivity contribution in [3.8, 4) is 28.6 Å². The summed E-state index contributed by atoms with van der Waals surface area (Å²) in [5.74, 6) is -0.608. The molecule has 0 saturated carbocycles. The van der Waals surface area contributed by atoms with Crippen molar-refractivity contribution >= 4 is 22.8 Å². The van der Waals surface area contributed by atoms with E-state index in [1.807, 2.05) is 6.07 Å². The Kier molecular flexibility index (Phi) is 6.29. The second-order valence-electron chi connectivity index (χ2n) is 10.9. The summed E-state index contributed by atoms with van der Waals surface area (Å²) in [6.07, 6.45) is 5.16. The van der Waals surface area contributed by atoms with Gasteiger partial charge in [-0.2, -0.15) is 5.26 Å². The Morgan fingerprint density at radius 2 is 2.05 bits per heavy atom. The number of fused-ring (bicyclic) bond motifs is 2. The summed E-state index contributed by atoms with van der Waals surface area (Å²) in [5.41, 5.74) is 14.1. The van der Waals surface area contributed by atoms with E-state index in [1.54, 1.807) is 47.8 Å². The van der Waals surface area contributed by atoms with Gasteiger partial charge in [0.1, 0.15) is 17.7 Å². The number of nitrogens with two attached hydrogens (primary N) is 1. The first kappa shape index (κ1) is 25.9.